The van der Waals surface area contributed by atoms with E-state index in [0.717, 1.165) is 32.0 Å². The fourth-order valence-corrected chi connectivity index (χ4v) is 2.28. The van der Waals surface area contributed by atoms with Crippen LogP contribution in [0.1, 0.15) is 44.9 Å². The Balaban J connectivity index is 1.97. The van der Waals surface area contributed by atoms with Gasteiger partial charge in [-0.25, -0.2) is 0 Å². The summed E-state index contributed by atoms with van der Waals surface area (Å²) in [6.45, 7) is 2.85. The van der Waals surface area contributed by atoms with Gasteiger partial charge in [0.05, 0.1) is 6.61 Å². The zero-order valence-electron chi connectivity index (χ0n) is 10.7. The maximum absolute atomic E-state index is 4.98. The van der Waals surface area contributed by atoms with Gasteiger partial charge in [0.1, 0.15) is 0 Å². The van der Waals surface area contributed by atoms with Gasteiger partial charge >= 0.3 is 0 Å². The van der Waals surface area contributed by atoms with Crippen LogP contribution < -0.4 is 5.32 Å². The smallest absolute Gasteiger partial charge is 0.0587 e. The Labute approximate surface area is 100 Å². The van der Waals surface area contributed by atoms with E-state index in [9.17, 15) is 0 Å². The lowest BCUT2D eigenvalue weighted by molar-refractivity contribution is 0.199. The minimum atomic E-state index is 0.812. The minimum Gasteiger partial charge on any atom is -0.383 e. The molecule has 0 bridgehead atoms. The highest BCUT2D eigenvalue weighted by Gasteiger charge is 2.07. The molecular weight excluding hydrogens is 198 g/mol. The van der Waals surface area contributed by atoms with Crippen molar-refractivity contribution in [3.05, 3.63) is 12.2 Å². The van der Waals surface area contributed by atoms with Gasteiger partial charge in [0.2, 0.25) is 0 Å². The van der Waals surface area contributed by atoms with E-state index >= 15 is 0 Å². The molecule has 1 aliphatic carbocycles. The number of hydrogen-bond acceptors (Lipinski definition) is 2. The SMILES string of the molecule is COCCNCC/C=C/C1CCCCCC1. The normalized spacial score (nSPS) is 19.1. The highest BCUT2D eigenvalue weighted by atomic mass is 16.5. The van der Waals surface area contributed by atoms with E-state index < -0.39 is 0 Å². The molecule has 1 N–H and O–H groups in total. The number of allylic oxidation sites excluding steroid dienone is 1. The van der Waals surface area contributed by atoms with Crippen LogP contribution in [0.15, 0.2) is 12.2 Å². The van der Waals surface area contributed by atoms with Gasteiger partial charge in [-0.1, -0.05) is 37.8 Å². The zero-order chi connectivity index (χ0) is 11.5. The third kappa shape index (κ3) is 7.02. The molecule has 0 radical (unpaired) electrons. The number of methoxy groups -OCH3 is 1. The second kappa shape index (κ2) is 9.86. The van der Waals surface area contributed by atoms with Crippen LogP contribution in [0.2, 0.25) is 0 Å². The van der Waals surface area contributed by atoms with E-state index in [4.69, 9.17) is 4.74 Å². The van der Waals surface area contributed by atoms with Crippen molar-refractivity contribution in [2.24, 2.45) is 5.92 Å². The van der Waals surface area contributed by atoms with Gasteiger partial charge in [0.25, 0.3) is 0 Å². The fraction of sp³-hybridized carbons (Fsp3) is 0.857. The van der Waals surface area contributed by atoms with Crippen LogP contribution in [0.3, 0.4) is 0 Å². The fourth-order valence-electron chi connectivity index (χ4n) is 2.28. The molecule has 1 saturated carbocycles. The highest BCUT2D eigenvalue weighted by molar-refractivity contribution is 4.89. The lowest BCUT2D eigenvalue weighted by Crippen LogP contribution is -2.19. The molecule has 0 unspecified atom stereocenters. The molecule has 16 heavy (non-hydrogen) atoms. The Bertz CT molecular complexity index is 172. The van der Waals surface area contributed by atoms with Gasteiger partial charge in [-0.2, -0.15) is 0 Å². The van der Waals surface area contributed by atoms with Crippen molar-refractivity contribution in [3.63, 3.8) is 0 Å². The molecule has 0 spiro atoms. The third-order valence-corrected chi connectivity index (χ3v) is 3.28. The molecule has 2 heteroatoms. The summed E-state index contributed by atoms with van der Waals surface area (Å²) in [5, 5.41) is 3.36. The monoisotopic (exact) mass is 225 g/mol. The topological polar surface area (TPSA) is 21.3 Å². The number of hydrogen-bond donors (Lipinski definition) is 1. The first-order valence-corrected chi connectivity index (χ1v) is 6.80. The van der Waals surface area contributed by atoms with Crippen LogP contribution in [0.4, 0.5) is 0 Å². The van der Waals surface area contributed by atoms with Crippen LogP contribution in [-0.2, 0) is 4.74 Å². The van der Waals surface area contributed by atoms with Crippen molar-refractivity contribution in [1.82, 2.24) is 5.32 Å². The molecule has 0 aliphatic heterocycles. The van der Waals surface area contributed by atoms with Crippen molar-refractivity contribution < 1.29 is 4.74 Å². The van der Waals surface area contributed by atoms with Crippen molar-refractivity contribution >= 4 is 0 Å². The summed E-state index contributed by atoms with van der Waals surface area (Å²) in [5.41, 5.74) is 0. The van der Waals surface area contributed by atoms with E-state index in [-0.39, 0.29) is 0 Å². The predicted molar refractivity (Wildman–Crippen MR) is 69.7 cm³/mol. The van der Waals surface area contributed by atoms with Crippen molar-refractivity contribution in [1.29, 1.82) is 0 Å². The molecular formula is C14H27NO. The van der Waals surface area contributed by atoms with E-state index in [1.807, 2.05) is 0 Å². The summed E-state index contributed by atoms with van der Waals surface area (Å²) >= 11 is 0. The lowest BCUT2D eigenvalue weighted by atomic mass is 10.00. The molecule has 0 saturated heterocycles. The van der Waals surface area contributed by atoms with E-state index in [1.165, 1.54) is 38.5 Å². The van der Waals surface area contributed by atoms with Gasteiger partial charge < -0.3 is 10.1 Å². The number of ether oxygens (including phenoxy) is 1. The lowest BCUT2D eigenvalue weighted by Gasteiger charge is -2.07. The van der Waals surface area contributed by atoms with Crippen molar-refractivity contribution in [2.75, 3.05) is 26.8 Å². The largest absolute Gasteiger partial charge is 0.383 e. The van der Waals surface area contributed by atoms with Gasteiger partial charge in [0, 0.05) is 13.7 Å². The van der Waals surface area contributed by atoms with Gasteiger partial charge in [-0.15, -0.1) is 0 Å². The van der Waals surface area contributed by atoms with Crippen LogP contribution in [0, 0.1) is 5.92 Å². The average molecular weight is 225 g/mol. The molecule has 0 amide bonds. The second-order valence-electron chi connectivity index (χ2n) is 4.71. The summed E-state index contributed by atoms with van der Waals surface area (Å²) in [5.74, 6) is 0.862. The van der Waals surface area contributed by atoms with Gasteiger partial charge in [-0.05, 0) is 31.7 Å². The van der Waals surface area contributed by atoms with Crippen LogP contribution in [-0.4, -0.2) is 26.8 Å². The molecule has 0 atom stereocenters. The molecule has 94 valence electrons. The maximum Gasteiger partial charge on any atom is 0.0587 e. The zero-order valence-corrected chi connectivity index (χ0v) is 10.7. The Morgan fingerprint density at radius 1 is 1.12 bits per heavy atom. The van der Waals surface area contributed by atoms with Gasteiger partial charge in [-0.3, -0.25) is 0 Å². The summed E-state index contributed by atoms with van der Waals surface area (Å²) in [4.78, 5) is 0. The molecule has 1 rings (SSSR count). The van der Waals surface area contributed by atoms with Crippen molar-refractivity contribution in [3.8, 4) is 0 Å². The molecule has 0 aromatic heterocycles. The standard InChI is InChI=1S/C14H27NO/c1-16-13-12-15-11-7-6-10-14-8-4-2-3-5-9-14/h6,10,14-15H,2-5,7-9,11-13H2,1H3/b10-6+. The molecule has 2 nitrogen and oxygen atoms in total. The Morgan fingerprint density at radius 2 is 1.88 bits per heavy atom. The average Bonchev–Trinajstić information content (AvgIpc) is 2.56. The van der Waals surface area contributed by atoms with E-state index in [1.54, 1.807) is 7.11 Å². The summed E-state index contributed by atoms with van der Waals surface area (Å²) in [6, 6.07) is 0. The number of rotatable bonds is 7. The van der Waals surface area contributed by atoms with Crippen LogP contribution >= 0.6 is 0 Å². The summed E-state index contributed by atoms with van der Waals surface area (Å²) in [7, 11) is 1.74. The van der Waals surface area contributed by atoms with Crippen molar-refractivity contribution in [2.45, 2.75) is 44.9 Å². The minimum absolute atomic E-state index is 0.812. The Morgan fingerprint density at radius 3 is 2.56 bits per heavy atom. The Hall–Kier alpha value is -0.340. The van der Waals surface area contributed by atoms with Gasteiger partial charge in [0.15, 0.2) is 0 Å². The number of nitrogens with one attached hydrogen (secondary N) is 1. The maximum atomic E-state index is 4.98. The second-order valence-corrected chi connectivity index (χ2v) is 4.71. The van der Waals surface area contributed by atoms with E-state index in [0.29, 0.717) is 0 Å². The first-order valence-electron chi connectivity index (χ1n) is 6.80. The first-order chi connectivity index (χ1) is 7.93. The molecule has 1 aliphatic rings. The Kier molecular flexibility index (Phi) is 8.45. The molecule has 0 heterocycles. The van der Waals surface area contributed by atoms with Crippen LogP contribution in [0.25, 0.3) is 0 Å². The molecule has 0 aromatic rings. The summed E-state index contributed by atoms with van der Waals surface area (Å²) < 4.78 is 4.98. The summed E-state index contributed by atoms with van der Waals surface area (Å²) in [6.07, 6.45) is 14.5. The quantitative estimate of drug-likeness (QED) is 0.408. The molecule has 0 aromatic carbocycles. The predicted octanol–water partition coefficient (Wildman–Crippen LogP) is 3.14. The third-order valence-electron chi connectivity index (χ3n) is 3.28. The highest BCUT2D eigenvalue weighted by Crippen LogP contribution is 2.23. The molecule has 1 fully saturated rings. The first kappa shape index (κ1) is 13.7. The van der Waals surface area contributed by atoms with Crippen LogP contribution in [0.5, 0.6) is 0 Å². The van der Waals surface area contributed by atoms with E-state index in [2.05, 4.69) is 17.5 Å².